The molecule has 0 radical (unpaired) electrons. The number of imidazole rings is 1. The van der Waals surface area contributed by atoms with E-state index in [2.05, 4.69) is 120 Å². The van der Waals surface area contributed by atoms with Crippen molar-refractivity contribution in [2.75, 3.05) is 0 Å². The van der Waals surface area contributed by atoms with Gasteiger partial charge in [0.1, 0.15) is 17.0 Å². The van der Waals surface area contributed by atoms with E-state index in [4.69, 9.17) is 24.4 Å². The second-order valence-electron chi connectivity index (χ2n) is 14.3. The van der Waals surface area contributed by atoms with Crippen LogP contribution >= 0.6 is 0 Å². The van der Waals surface area contributed by atoms with E-state index in [9.17, 15) is 0 Å². The van der Waals surface area contributed by atoms with Crippen LogP contribution in [0.1, 0.15) is 0 Å². The molecule has 3 heterocycles. The van der Waals surface area contributed by atoms with Gasteiger partial charge in [0.05, 0.1) is 16.6 Å². The molecule has 3 aromatic heterocycles. The molecule has 0 unspecified atom stereocenters. The predicted molar refractivity (Wildman–Crippen MR) is 234 cm³/mol. The average molecular weight is 744 g/mol. The van der Waals surface area contributed by atoms with Crippen molar-refractivity contribution in [1.29, 1.82) is 0 Å². The molecule has 0 aliphatic rings. The smallest absolute Gasteiger partial charge is 0.167 e. The molecule has 0 N–H and O–H groups in total. The number of fused-ring (bicyclic) bond motifs is 4. The summed E-state index contributed by atoms with van der Waals surface area (Å²) in [4.78, 5) is 20.3. The quantitative estimate of drug-likeness (QED) is 0.163. The van der Waals surface area contributed by atoms with E-state index in [1.807, 2.05) is 84.9 Å². The Kier molecular flexibility index (Phi) is 8.04. The van der Waals surface area contributed by atoms with Crippen molar-refractivity contribution in [3.63, 3.8) is 0 Å². The van der Waals surface area contributed by atoms with Crippen molar-refractivity contribution in [1.82, 2.24) is 24.5 Å². The lowest BCUT2D eigenvalue weighted by Gasteiger charge is -2.11. The number of rotatable bonds is 7. The molecule has 0 saturated heterocycles. The number of para-hydroxylation sites is 3. The van der Waals surface area contributed by atoms with Crippen LogP contribution in [0.15, 0.2) is 205 Å². The first-order chi connectivity index (χ1) is 28.7. The summed E-state index contributed by atoms with van der Waals surface area (Å²) in [6.07, 6.45) is 0. The molecule has 0 fully saturated rings. The number of furan rings is 1. The molecule has 11 rings (SSSR count). The van der Waals surface area contributed by atoms with Gasteiger partial charge in [0.2, 0.25) is 0 Å². The first kappa shape index (κ1) is 33.4. The van der Waals surface area contributed by atoms with Crippen LogP contribution < -0.4 is 0 Å². The highest BCUT2D eigenvalue weighted by Gasteiger charge is 2.21. The minimum Gasteiger partial charge on any atom is -0.455 e. The molecule has 0 bridgehead atoms. The van der Waals surface area contributed by atoms with E-state index in [0.29, 0.717) is 17.5 Å². The number of hydrogen-bond donors (Lipinski definition) is 0. The first-order valence-corrected chi connectivity index (χ1v) is 19.3. The first-order valence-electron chi connectivity index (χ1n) is 19.3. The highest BCUT2D eigenvalue weighted by molar-refractivity contribution is 6.12. The number of aromatic nitrogens is 5. The van der Waals surface area contributed by atoms with Crippen LogP contribution in [-0.2, 0) is 0 Å². The molecule has 0 saturated carbocycles. The topological polar surface area (TPSA) is 69.6 Å². The van der Waals surface area contributed by atoms with Gasteiger partial charge in [0.15, 0.2) is 17.5 Å². The summed E-state index contributed by atoms with van der Waals surface area (Å²) in [5, 5.41) is 2.01. The second-order valence-corrected chi connectivity index (χ2v) is 14.3. The molecule has 11 aromatic rings. The van der Waals surface area contributed by atoms with Crippen molar-refractivity contribution in [2.24, 2.45) is 0 Å². The molecule has 272 valence electrons. The summed E-state index contributed by atoms with van der Waals surface area (Å²) in [6.45, 7) is 0. The Morgan fingerprint density at radius 3 is 1.52 bits per heavy atom. The lowest BCUT2D eigenvalue weighted by Crippen LogP contribution is -2.00. The van der Waals surface area contributed by atoms with Crippen molar-refractivity contribution in [2.45, 2.75) is 0 Å². The van der Waals surface area contributed by atoms with E-state index < -0.39 is 0 Å². The summed E-state index contributed by atoms with van der Waals surface area (Å²) in [7, 11) is 0. The Bertz CT molecular complexity index is 3210. The minimum atomic E-state index is 0.552. The van der Waals surface area contributed by atoms with Gasteiger partial charge < -0.3 is 4.42 Å². The Balaban J connectivity index is 1.06. The molecule has 8 aromatic carbocycles. The molecule has 6 heteroatoms. The maximum absolute atomic E-state index is 6.94. The van der Waals surface area contributed by atoms with Crippen LogP contribution in [0.2, 0.25) is 0 Å². The van der Waals surface area contributed by atoms with Gasteiger partial charge in [0, 0.05) is 38.7 Å². The summed E-state index contributed by atoms with van der Waals surface area (Å²) >= 11 is 0. The summed E-state index contributed by atoms with van der Waals surface area (Å²) in [5.41, 5.74) is 12.5. The number of hydrogen-bond acceptors (Lipinski definition) is 5. The van der Waals surface area contributed by atoms with Crippen LogP contribution in [0.25, 0.3) is 106 Å². The molecule has 0 atom stereocenters. The standard InChI is InChI=1S/C52H33N5O/c1-5-16-34(17-6-1)37-30-31-46-45(33-37)53-52(57(46)40-24-11-4-12-25-40)39-23-13-22-38(32-39)41-26-14-27-42-43-28-15-29-44(48(43)58-47(41)42)51-55-49(35-18-7-2-8-19-35)54-50(56-51)36-20-9-3-10-21-36/h1-33H. The van der Waals surface area contributed by atoms with Crippen molar-refractivity contribution < 1.29 is 4.42 Å². The highest BCUT2D eigenvalue weighted by Crippen LogP contribution is 2.41. The fourth-order valence-corrected chi connectivity index (χ4v) is 7.90. The molecule has 0 aliphatic heterocycles. The van der Waals surface area contributed by atoms with Crippen LogP contribution in [0, 0.1) is 0 Å². The fourth-order valence-electron chi connectivity index (χ4n) is 7.90. The zero-order valence-corrected chi connectivity index (χ0v) is 31.2. The van der Waals surface area contributed by atoms with Gasteiger partial charge in [-0.3, -0.25) is 4.57 Å². The largest absolute Gasteiger partial charge is 0.455 e. The van der Waals surface area contributed by atoms with Gasteiger partial charge in [-0.2, -0.15) is 0 Å². The van der Waals surface area contributed by atoms with E-state index >= 15 is 0 Å². The summed E-state index contributed by atoms with van der Waals surface area (Å²) in [6, 6.07) is 68.6. The van der Waals surface area contributed by atoms with Crippen molar-refractivity contribution in [3.8, 4) is 73.5 Å². The van der Waals surface area contributed by atoms with Crippen LogP contribution in [0.5, 0.6) is 0 Å². The molecule has 6 nitrogen and oxygen atoms in total. The zero-order chi connectivity index (χ0) is 38.4. The SMILES string of the molecule is c1ccc(-c2ccc3c(c2)nc(-c2cccc(-c4cccc5c4oc4c(-c6nc(-c7ccccc7)nc(-c7ccccc7)n6)cccc45)c2)n3-c2ccccc2)cc1. The normalized spacial score (nSPS) is 11.4. The van der Waals surface area contributed by atoms with Gasteiger partial charge in [-0.15, -0.1) is 0 Å². The third-order valence-electron chi connectivity index (χ3n) is 10.7. The van der Waals surface area contributed by atoms with Gasteiger partial charge in [-0.05, 0) is 53.1 Å². The predicted octanol–water partition coefficient (Wildman–Crippen LogP) is 13.1. The Labute approximate surface area is 334 Å². The molecular formula is C52H33N5O. The molecular weight excluding hydrogens is 711 g/mol. The van der Waals surface area contributed by atoms with E-state index in [0.717, 1.165) is 89.0 Å². The summed E-state index contributed by atoms with van der Waals surface area (Å²) < 4.78 is 9.18. The number of benzene rings is 8. The van der Waals surface area contributed by atoms with Gasteiger partial charge in [-0.1, -0.05) is 164 Å². The lowest BCUT2D eigenvalue weighted by atomic mass is 10.00. The Morgan fingerprint density at radius 2 is 0.862 bits per heavy atom. The van der Waals surface area contributed by atoms with Crippen LogP contribution in [0.3, 0.4) is 0 Å². The third-order valence-corrected chi connectivity index (χ3v) is 10.7. The lowest BCUT2D eigenvalue weighted by molar-refractivity contribution is 0.670. The zero-order valence-electron chi connectivity index (χ0n) is 31.2. The Hall–Kier alpha value is -7.96. The molecule has 58 heavy (non-hydrogen) atoms. The van der Waals surface area contributed by atoms with Crippen molar-refractivity contribution in [3.05, 3.63) is 200 Å². The van der Waals surface area contributed by atoms with Crippen molar-refractivity contribution >= 4 is 33.0 Å². The minimum absolute atomic E-state index is 0.552. The number of nitrogens with zero attached hydrogens (tertiary/aromatic N) is 5. The highest BCUT2D eigenvalue weighted by atomic mass is 16.3. The fraction of sp³-hybridized carbons (Fsp3) is 0. The second kappa shape index (κ2) is 14.0. The maximum Gasteiger partial charge on any atom is 0.167 e. The monoisotopic (exact) mass is 743 g/mol. The maximum atomic E-state index is 6.94. The Morgan fingerprint density at radius 1 is 0.345 bits per heavy atom. The summed E-state index contributed by atoms with van der Waals surface area (Å²) in [5.74, 6) is 2.63. The molecule has 0 amide bonds. The van der Waals surface area contributed by atoms with E-state index in [-0.39, 0.29) is 0 Å². The van der Waals surface area contributed by atoms with Gasteiger partial charge in [-0.25, -0.2) is 19.9 Å². The third kappa shape index (κ3) is 5.83. The van der Waals surface area contributed by atoms with E-state index in [1.54, 1.807) is 0 Å². The van der Waals surface area contributed by atoms with Gasteiger partial charge in [0.25, 0.3) is 0 Å². The average Bonchev–Trinajstić information content (AvgIpc) is 3.89. The van der Waals surface area contributed by atoms with E-state index in [1.165, 1.54) is 0 Å². The van der Waals surface area contributed by atoms with Gasteiger partial charge >= 0.3 is 0 Å². The molecule has 0 spiro atoms. The molecule has 0 aliphatic carbocycles. The van der Waals surface area contributed by atoms with Crippen LogP contribution in [0.4, 0.5) is 0 Å². The van der Waals surface area contributed by atoms with Crippen LogP contribution in [-0.4, -0.2) is 24.5 Å².